The maximum absolute atomic E-state index is 10.1. The van der Waals surface area contributed by atoms with Crippen LogP contribution in [0.3, 0.4) is 0 Å². The number of carboxylic acids is 1. The molecule has 0 aliphatic rings. The van der Waals surface area contributed by atoms with Crippen LogP contribution in [0.4, 0.5) is 0 Å². The van der Waals surface area contributed by atoms with Gasteiger partial charge in [0.2, 0.25) is 0 Å². The maximum atomic E-state index is 10.1. The number of hydrogen-bond acceptors (Lipinski definition) is 1. The molecule has 0 bridgehead atoms. The average Bonchev–Trinajstić information content (AvgIpc) is 2.03. The molecule has 0 radical (unpaired) electrons. The molecule has 0 saturated heterocycles. The summed E-state index contributed by atoms with van der Waals surface area (Å²) in [5, 5.41) is 8.29. The summed E-state index contributed by atoms with van der Waals surface area (Å²) in [5.41, 5.74) is 0.898. The van der Waals surface area contributed by atoms with Crippen LogP contribution in [0.5, 0.6) is 0 Å². The number of carbonyl (C=O) groups is 1. The van der Waals surface area contributed by atoms with Gasteiger partial charge in [0.05, 0.1) is 0 Å². The number of aliphatic carboxylic acids is 1. The van der Waals surface area contributed by atoms with Crippen molar-refractivity contribution in [3.05, 3.63) is 42.0 Å². The molecule has 0 unspecified atom stereocenters. The molecule has 1 aromatic rings. The van der Waals surface area contributed by atoms with Crippen LogP contribution < -0.4 is 0 Å². The topological polar surface area (TPSA) is 37.3 Å². The molecule has 0 amide bonds. The second-order valence-corrected chi connectivity index (χ2v) is 2.08. The zero-order chi connectivity index (χ0) is 8.10. The summed E-state index contributed by atoms with van der Waals surface area (Å²) in [5.74, 6) is -0.922. The largest absolute Gasteiger partial charge is 0.478 e. The molecule has 0 atom stereocenters. The molecular formula is C9H8NdO2Yb. The van der Waals surface area contributed by atoms with E-state index in [4.69, 9.17) is 5.11 Å². The van der Waals surface area contributed by atoms with Gasteiger partial charge in [-0.2, -0.15) is 0 Å². The van der Waals surface area contributed by atoms with Crippen LogP contribution in [-0.2, 0) is 4.79 Å². The molecule has 1 N–H and O–H groups in total. The number of hydrogen-bond donors (Lipinski definition) is 1. The Morgan fingerprint density at radius 2 is 1.77 bits per heavy atom. The van der Waals surface area contributed by atoms with Crippen LogP contribution in [-0.4, -0.2) is 11.1 Å². The minimum Gasteiger partial charge on any atom is -0.478 e. The van der Waals surface area contributed by atoms with Crippen molar-refractivity contribution < 1.29 is 97.7 Å². The van der Waals surface area contributed by atoms with E-state index in [-0.39, 0.29) is 87.8 Å². The molecule has 0 aliphatic carbocycles. The first-order valence-electron chi connectivity index (χ1n) is 3.25. The van der Waals surface area contributed by atoms with Crippen LogP contribution in [0.15, 0.2) is 36.4 Å². The van der Waals surface area contributed by atoms with E-state index in [1.165, 1.54) is 0 Å². The first-order valence-corrected chi connectivity index (χ1v) is 3.25. The van der Waals surface area contributed by atoms with Gasteiger partial charge < -0.3 is 5.11 Å². The molecule has 0 fully saturated rings. The average molecular weight is 465 g/mol. The first-order chi connectivity index (χ1) is 5.29. The maximum Gasteiger partial charge on any atom is 0.328 e. The summed E-state index contributed by atoms with van der Waals surface area (Å²) in [6.45, 7) is 0. The van der Waals surface area contributed by atoms with Crippen molar-refractivity contribution in [3.63, 3.8) is 0 Å². The summed E-state index contributed by atoms with van der Waals surface area (Å²) in [6, 6.07) is 9.31. The summed E-state index contributed by atoms with van der Waals surface area (Å²) in [6.07, 6.45) is 2.68. The summed E-state index contributed by atoms with van der Waals surface area (Å²) < 4.78 is 0. The van der Waals surface area contributed by atoms with Crippen LogP contribution in [0, 0.1) is 87.8 Å². The number of carboxylic acid groups (broad SMARTS) is 1. The van der Waals surface area contributed by atoms with Crippen molar-refractivity contribution >= 4 is 12.0 Å². The third kappa shape index (κ3) is 8.31. The van der Waals surface area contributed by atoms with Gasteiger partial charge in [0.1, 0.15) is 0 Å². The normalized spacial score (nSPS) is 8.62. The standard InChI is InChI=1S/C9H8O2.Nd.Yb/c10-9(11)7-6-8-4-2-1-3-5-8;;/h1-7H,(H,10,11);;/b7-6+;;. The molecule has 74 valence electrons. The fourth-order valence-electron chi connectivity index (χ4n) is 0.732. The van der Waals surface area contributed by atoms with Gasteiger partial charge in [-0.15, -0.1) is 0 Å². The second-order valence-electron chi connectivity index (χ2n) is 2.08. The van der Waals surface area contributed by atoms with Crippen LogP contribution in [0.1, 0.15) is 5.56 Å². The molecule has 0 aromatic heterocycles. The van der Waals surface area contributed by atoms with Crippen LogP contribution >= 0.6 is 0 Å². The van der Waals surface area contributed by atoms with Gasteiger partial charge in [-0.05, 0) is 11.6 Å². The third-order valence-electron chi connectivity index (χ3n) is 1.22. The van der Waals surface area contributed by atoms with Gasteiger partial charge >= 0.3 is 5.97 Å². The van der Waals surface area contributed by atoms with E-state index < -0.39 is 5.97 Å². The second kappa shape index (κ2) is 9.84. The van der Waals surface area contributed by atoms with Gasteiger partial charge in [-0.3, -0.25) is 0 Å². The molecule has 0 aliphatic heterocycles. The summed E-state index contributed by atoms with van der Waals surface area (Å²) in [7, 11) is 0. The SMILES string of the molecule is O=C(O)/C=C/c1ccccc1.[Nd].[Yb]. The molecule has 0 heterocycles. The van der Waals surface area contributed by atoms with E-state index in [1.54, 1.807) is 6.08 Å². The van der Waals surface area contributed by atoms with E-state index in [1.807, 2.05) is 30.3 Å². The Morgan fingerprint density at radius 3 is 2.23 bits per heavy atom. The molecule has 1 rings (SSSR count). The summed E-state index contributed by atoms with van der Waals surface area (Å²) in [4.78, 5) is 10.1. The Bertz CT molecular complexity index is 272. The van der Waals surface area contributed by atoms with Gasteiger partial charge in [-0.1, -0.05) is 30.3 Å². The first kappa shape index (κ1) is 16.7. The van der Waals surface area contributed by atoms with Crippen molar-refractivity contribution in [1.82, 2.24) is 0 Å². The van der Waals surface area contributed by atoms with Crippen LogP contribution in [0.25, 0.3) is 6.08 Å². The minimum absolute atomic E-state index is 0. The fourth-order valence-corrected chi connectivity index (χ4v) is 0.732. The van der Waals surface area contributed by atoms with E-state index in [0.717, 1.165) is 11.6 Å². The Hall–Kier alpha value is 1.30. The molecule has 4 heteroatoms. The monoisotopic (exact) mass is 464 g/mol. The molecule has 0 spiro atoms. The number of benzene rings is 1. The Labute approximate surface area is 149 Å². The third-order valence-corrected chi connectivity index (χ3v) is 1.22. The fraction of sp³-hybridized carbons (Fsp3) is 0. The van der Waals surface area contributed by atoms with Gasteiger partial charge in [-0.25, -0.2) is 4.79 Å². The molecule has 13 heavy (non-hydrogen) atoms. The predicted molar refractivity (Wildman–Crippen MR) is 43.1 cm³/mol. The quantitative estimate of drug-likeness (QED) is 0.677. The molecule has 2 nitrogen and oxygen atoms in total. The van der Waals surface area contributed by atoms with Crippen molar-refractivity contribution in [2.45, 2.75) is 0 Å². The van der Waals surface area contributed by atoms with E-state index in [0.29, 0.717) is 0 Å². The van der Waals surface area contributed by atoms with Crippen molar-refractivity contribution in [2.24, 2.45) is 0 Å². The molecular weight excluding hydrogens is 457 g/mol. The van der Waals surface area contributed by atoms with E-state index in [2.05, 4.69) is 0 Å². The Morgan fingerprint density at radius 1 is 1.23 bits per heavy atom. The predicted octanol–water partition coefficient (Wildman–Crippen LogP) is 1.78. The zero-order valence-electron chi connectivity index (χ0n) is 6.66. The zero-order valence-corrected chi connectivity index (χ0v) is 11.6. The van der Waals surface area contributed by atoms with Crippen molar-refractivity contribution in [3.8, 4) is 0 Å². The van der Waals surface area contributed by atoms with Crippen molar-refractivity contribution in [1.29, 1.82) is 0 Å². The van der Waals surface area contributed by atoms with Crippen molar-refractivity contribution in [2.75, 3.05) is 0 Å². The number of rotatable bonds is 2. The Kier molecular flexibility index (Phi) is 12.7. The Balaban J connectivity index is 0. The van der Waals surface area contributed by atoms with Gasteiger partial charge in [0, 0.05) is 93.8 Å². The van der Waals surface area contributed by atoms with Gasteiger partial charge in [0.15, 0.2) is 0 Å². The van der Waals surface area contributed by atoms with Gasteiger partial charge in [0.25, 0.3) is 0 Å². The minimum atomic E-state index is -0.922. The smallest absolute Gasteiger partial charge is 0.328 e. The van der Waals surface area contributed by atoms with E-state index in [9.17, 15) is 4.79 Å². The summed E-state index contributed by atoms with van der Waals surface area (Å²) >= 11 is 0. The molecule has 0 saturated carbocycles. The van der Waals surface area contributed by atoms with Crippen LogP contribution in [0.2, 0.25) is 0 Å². The van der Waals surface area contributed by atoms with E-state index >= 15 is 0 Å². The molecule has 1 aromatic carbocycles.